The fourth-order valence-corrected chi connectivity index (χ4v) is 2.71. The van der Waals surface area contributed by atoms with Crippen molar-refractivity contribution < 1.29 is 0 Å². The van der Waals surface area contributed by atoms with Crippen molar-refractivity contribution in [3.63, 3.8) is 0 Å². The summed E-state index contributed by atoms with van der Waals surface area (Å²) >= 11 is 0. The first-order valence-corrected chi connectivity index (χ1v) is 7.58. The molecule has 0 fully saturated rings. The number of aromatic amines is 1. The summed E-state index contributed by atoms with van der Waals surface area (Å²) in [5.74, 6) is 0.708. The Bertz CT molecular complexity index is 1210. The van der Waals surface area contributed by atoms with Crippen molar-refractivity contribution in [3.05, 3.63) is 64.1 Å². The molecule has 0 aliphatic heterocycles. The molecule has 0 aromatic carbocycles. The van der Waals surface area contributed by atoms with Crippen LogP contribution in [0.2, 0.25) is 0 Å². The molecule has 0 saturated carbocycles. The van der Waals surface area contributed by atoms with Crippen LogP contribution in [0.4, 0.5) is 0 Å². The Kier molecular flexibility index (Phi) is 3.22. The van der Waals surface area contributed by atoms with E-state index in [0.29, 0.717) is 17.2 Å². The van der Waals surface area contributed by atoms with Gasteiger partial charge in [0.1, 0.15) is 11.6 Å². The summed E-state index contributed by atoms with van der Waals surface area (Å²) in [6.07, 6.45) is 5.19. The van der Waals surface area contributed by atoms with Gasteiger partial charge in [-0.3, -0.25) is 9.89 Å². The molecule has 4 heterocycles. The van der Waals surface area contributed by atoms with Crippen molar-refractivity contribution in [2.24, 2.45) is 0 Å². The number of hydrogen-bond acceptors (Lipinski definition) is 5. The molecule has 0 spiro atoms. The van der Waals surface area contributed by atoms with E-state index in [-0.39, 0.29) is 5.56 Å². The second-order valence-corrected chi connectivity index (χ2v) is 5.65. The minimum absolute atomic E-state index is 0.0329. The fraction of sp³-hybridized carbons (Fsp3) is 0.118. The SMILES string of the molecule is Cc1cccc(-n2cc(-c3c[nH]n4c(=O)c(C#N)c(C)nc34)cn2)n1. The Morgan fingerprint density at radius 2 is 2.08 bits per heavy atom. The van der Waals surface area contributed by atoms with Crippen molar-refractivity contribution in [1.29, 1.82) is 5.26 Å². The van der Waals surface area contributed by atoms with Crippen LogP contribution in [0.25, 0.3) is 22.6 Å². The lowest BCUT2D eigenvalue weighted by Crippen LogP contribution is -2.19. The van der Waals surface area contributed by atoms with E-state index in [2.05, 4.69) is 20.2 Å². The van der Waals surface area contributed by atoms with Crippen molar-refractivity contribution in [2.45, 2.75) is 13.8 Å². The summed E-state index contributed by atoms with van der Waals surface area (Å²) in [6.45, 7) is 3.57. The second kappa shape index (κ2) is 5.42. The fourth-order valence-electron chi connectivity index (χ4n) is 2.71. The van der Waals surface area contributed by atoms with Crippen molar-refractivity contribution in [3.8, 4) is 23.0 Å². The van der Waals surface area contributed by atoms with Crippen LogP contribution >= 0.6 is 0 Å². The molecule has 0 unspecified atom stereocenters. The maximum absolute atomic E-state index is 12.3. The molecule has 1 N–H and O–H groups in total. The maximum atomic E-state index is 12.3. The molecule has 0 aliphatic rings. The Morgan fingerprint density at radius 1 is 1.24 bits per heavy atom. The van der Waals surface area contributed by atoms with Gasteiger partial charge in [-0.1, -0.05) is 6.07 Å². The van der Waals surface area contributed by atoms with Gasteiger partial charge in [-0.2, -0.15) is 14.9 Å². The lowest BCUT2D eigenvalue weighted by atomic mass is 10.2. The normalized spacial score (nSPS) is 10.9. The van der Waals surface area contributed by atoms with Gasteiger partial charge in [0.25, 0.3) is 5.56 Å². The van der Waals surface area contributed by atoms with Crippen LogP contribution in [0.3, 0.4) is 0 Å². The molecule has 25 heavy (non-hydrogen) atoms. The summed E-state index contributed by atoms with van der Waals surface area (Å²) in [5.41, 5.74) is 2.89. The van der Waals surface area contributed by atoms with Gasteiger partial charge in [0, 0.05) is 29.2 Å². The first-order valence-electron chi connectivity index (χ1n) is 7.58. The van der Waals surface area contributed by atoms with Crippen LogP contribution in [0.1, 0.15) is 17.0 Å². The Balaban J connectivity index is 1.87. The van der Waals surface area contributed by atoms with E-state index >= 15 is 0 Å². The lowest BCUT2D eigenvalue weighted by Gasteiger charge is -2.01. The summed E-state index contributed by atoms with van der Waals surface area (Å²) in [6, 6.07) is 7.59. The molecule has 4 aromatic rings. The van der Waals surface area contributed by atoms with Crippen LogP contribution in [0.15, 0.2) is 41.6 Å². The maximum Gasteiger partial charge on any atom is 0.290 e. The predicted molar refractivity (Wildman–Crippen MR) is 90.4 cm³/mol. The van der Waals surface area contributed by atoms with Crippen LogP contribution in [-0.4, -0.2) is 29.4 Å². The quantitative estimate of drug-likeness (QED) is 0.602. The smallest absolute Gasteiger partial charge is 0.290 e. The molecule has 8 nitrogen and oxygen atoms in total. The second-order valence-electron chi connectivity index (χ2n) is 5.65. The Morgan fingerprint density at radius 3 is 2.84 bits per heavy atom. The summed E-state index contributed by atoms with van der Waals surface area (Å²) in [4.78, 5) is 21.2. The van der Waals surface area contributed by atoms with Gasteiger partial charge in [-0.15, -0.1) is 0 Å². The van der Waals surface area contributed by atoms with Crippen LogP contribution < -0.4 is 5.56 Å². The van der Waals surface area contributed by atoms with Gasteiger partial charge in [0.05, 0.1) is 11.9 Å². The predicted octanol–water partition coefficient (Wildman–Crippen LogP) is 1.76. The summed E-state index contributed by atoms with van der Waals surface area (Å²) < 4.78 is 2.93. The summed E-state index contributed by atoms with van der Waals surface area (Å²) in [5, 5.41) is 16.3. The van der Waals surface area contributed by atoms with Crippen molar-refractivity contribution in [2.75, 3.05) is 0 Å². The zero-order valence-electron chi connectivity index (χ0n) is 13.6. The largest absolute Gasteiger partial charge is 0.296 e. The van der Waals surface area contributed by atoms with Crippen molar-refractivity contribution in [1.82, 2.24) is 29.4 Å². The average Bonchev–Trinajstić information content (AvgIpc) is 3.22. The minimum Gasteiger partial charge on any atom is -0.296 e. The van der Waals surface area contributed by atoms with E-state index in [1.54, 1.807) is 24.0 Å². The molecule has 0 aliphatic carbocycles. The number of hydrogen-bond donors (Lipinski definition) is 1. The molecular weight excluding hydrogens is 318 g/mol. The van der Waals surface area contributed by atoms with Gasteiger partial charge in [-0.05, 0) is 26.0 Å². The van der Waals surface area contributed by atoms with Gasteiger partial charge in [-0.25, -0.2) is 14.6 Å². The van der Waals surface area contributed by atoms with Gasteiger partial charge >= 0.3 is 0 Å². The highest BCUT2D eigenvalue weighted by molar-refractivity contribution is 5.76. The molecule has 4 aromatic heterocycles. The van der Waals surface area contributed by atoms with Gasteiger partial charge in [0.15, 0.2) is 11.5 Å². The highest BCUT2D eigenvalue weighted by Gasteiger charge is 2.16. The zero-order chi connectivity index (χ0) is 17.6. The third-order valence-electron chi connectivity index (χ3n) is 3.96. The molecule has 8 heteroatoms. The Labute approximate surface area is 142 Å². The van der Waals surface area contributed by atoms with E-state index in [4.69, 9.17) is 5.26 Å². The first-order chi connectivity index (χ1) is 12.1. The zero-order valence-corrected chi connectivity index (χ0v) is 13.6. The molecule has 0 radical (unpaired) electrons. The van der Waals surface area contributed by atoms with Gasteiger partial charge < -0.3 is 0 Å². The molecule has 122 valence electrons. The standard InChI is InChI=1S/C17H13N7O/c1-10-4-3-5-15(21-10)23-9-12(7-19-23)14-8-20-24-16(14)22-11(2)13(6-18)17(24)25/h3-5,7-9,20H,1-2H3. The number of nitrogens with one attached hydrogen (secondary N) is 1. The van der Waals surface area contributed by atoms with Crippen LogP contribution in [-0.2, 0) is 0 Å². The van der Waals surface area contributed by atoms with Gasteiger partial charge in [0.2, 0.25) is 0 Å². The van der Waals surface area contributed by atoms with Crippen molar-refractivity contribution >= 4 is 5.65 Å². The minimum atomic E-state index is -0.413. The molecule has 0 atom stereocenters. The molecule has 0 amide bonds. The Hall–Kier alpha value is -3.73. The monoisotopic (exact) mass is 331 g/mol. The number of aromatic nitrogens is 6. The molecule has 4 rings (SSSR count). The third kappa shape index (κ3) is 2.30. The lowest BCUT2D eigenvalue weighted by molar-refractivity contribution is 0.841. The molecular formula is C17H13N7O. The number of rotatable bonds is 2. The number of nitrogens with zero attached hydrogens (tertiary/aromatic N) is 6. The number of aryl methyl sites for hydroxylation is 2. The number of H-pyrrole nitrogens is 1. The van der Waals surface area contributed by atoms with Crippen LogP contribution in [0.5, 0.6) is 0 Å². The number of pyridine rings is 1. The number of nitriles is 1. The van der Waals surface area contributed by atoms with E-state index < -0.39 is 5.56 Å². The van der Waals surface area contributed by atoms with E-state index in [1.807, 2.05) is 37.4 Å². The average molecular weight is 331 g/mol. The highest BCUT2D eigenvalue weighted by Crippen LogP contribution is 2.23. The molecule has 0 saturated heterocycles. The van der Waals surface area contributed by atoms with E-state index in [9.17, 15) is 4.79 Å². The highest BCUT2D eigenvalue weighted by atomic mass is 16.1. The first kappa shape index (κ1) is 14.8. The topological polar surface area (TPSA) is 105 Å². The van der Waals surface area contributed by atoms with E-state index in [0.717, 1.165) is 16.8 Å². The third-order valence-corrected chi connectivity index (χ3v) is 3.96. The van der Waals surface area contributed by atoms with E-state index in [1.165, 1.54) is 4.52 Å². The number of fused-ring (bicyclic) bond motifs is 1. The summed E-state index contributed by atoms with van der Waals surface area (Å²) in [7, 11) is 0. The molecule has 0 bridgehead atoms. The van der Waals surface area contributed by atoms with Crippen LogP contribution in [0, 0.1) is 25.2 Å².